The first kappa shape index (κ1) is 18.6. The van der Waals surface area contributed by atoms with Crippen LogP contribution in [0.2, 0.25) is 0 Å². The standard InChI is InChI=1S/C19H15BrN4O3S/c1-26-14-5-2-11(3-6-14)18-22-23-19(24(18)21)28-10-12-8-17(25)27-16-9-13(20)4-7-15(12)16/h2-9H,10,21H2,1H3. The Labute approximate surface area is 172 Å². The predicted molar refractivity (Wildman–Crippen MR) is 112 cm³/mol. The number of thioether (sulfide) groups is 1. The Balaban J connectivity index is 1.60. The number of ether oxygens (including phenoxy) is 1. The maximum atomic E-state index is 11.9. The van der Waals surface area contributed by atoms with Crippen molar-refractivity contribution in [3.8, 4) is 17.1 Å². The number of hydrogen-bond acceptors (Lipinski definition) is 7. The van der Waals surface area contributed by atoms with Crippen LogP contribution in [0.1, 0.15) is 5.56 Å². The molecule has 4 aromatic rings. The van der Waals surface area contributed by atoms with Crippen molar-refractivity contribution in [3.63, 3.8) is 0 Å². The number of hydrogen-bond donors (Lipinski definition) is 1. The highest BCUT2D eigenvalue weighted by molar-refractivity contribution is 9.10. The Hall–Kier alpha value is -2.78. The fourth-order valence-corrected chi connectivity index (χ4v) is 3.97. The van der Waals surface area contributed by atoms with Crippen LogP contribution >= 0.6 is 27.7 Å². The minimum Gasteiger partial charge on any atom is -0.497 e. The van der Waals surface area contributed by atoms with Crippen molar-refractivity contribution in [1.29, 1.82) is 0 Å². The SMILES string of the molecule is COc1ccc(-c2nnc(SCc3cc(=O)oc4cc(Br)ccc34)n2N)cc1. The van der Waals surface area contributed by atoms with E-state index in [9.17, 15) is 4.79 Å². The van der Waals surface area contributed by atoms with E-state index in [0.717, 1.165) is 26.7 Å². The van der Waals surface area contributed by atoms with Gasteiger partial charge < -0.3 is 15.0 Å². The summed E-state index contributed by atoms with van der Waals surface area (Å²) in [6.45, 7) is 0. The van der Waals surface area contributed by atoms with Gasteiger partial charge >= 0.3 is 5.63 Å². The van der Waals surface area contributed by atoms with Gasteiger partial charge in [-0.1, -0.05) is 27.7 Å². The summed E-state index contributed by atoms with van der Waals surface area (Å²) in [6, 6.07) is 14.5. The fourth-order valence-electron chi connectivity index (χ4n) is 2.78. The van der Waals surface area contributed by atoms with Crippen LogP contribution in [0.3, 0.4) is 0 Å². The van der Waals surface area contributed by atoms with E-state index in [-0.39, 0.29) is 0 Å². The lowest BCUT2D eigenvalue weighted by Gasteiger charge is -2.06. The van der Waals surface area contributed by atoms with Gasteiger partial charge in [0.1, 0.15) is 11.3 Å². The third kappa shape index (κ3) is 3.63. The lowest BCUT2D eigenvalue weighted by molar-refractivity contribution is 0.415. The summed E-state index contributed by atoms with van der Waals surface area (Å²) in [7, 11) is 1.61. The average molecular weight is 459 g/mol. The molecule has 2 aromatic carbocycles. The second-order valence-corrected chi connectivity index (χ2v) is 7.78. The van der Waals surface area contributed by atoms with Gasteiger partial charge in [-0.2, -0.15) is 0 Å². The van der Waals surface area contributed by atoms with Crippen LogP contribution in [-0.4, -0.2) is 22.0 Å². The smallest absolute Gasteiger partial charge is 0.336 e. The van der Waals surface area contributed by atoms with Crippen LogP contribution < -0.4 is 16.2 Å². The van der Waals surface area contributed by atoms with Crippen molar-refractivity contribution in [2.45, 2.75) is 10.9 Å². The van der Waals surface area contributed by atoms with Crippen LogP contribution in [-0.2, 0) is 5.75 Å². The zero-order chi connectivity index (χ0) is 19.7. The van der Waals surface area contributed by atoms with Crippen molar-refractivity contribution in [3.05, 3.63) is 69.0 Å². The Morgan fingerprint density at radius 3 is 2.71 bits per heavy atom. The van der Waals surface area contributed by atoms with Crippen molar-refractivity contribution in [2.24, 2.45) is 0 Å². The Bertz CT molecular complexity index is 1200. The Kier molecular flexibility index (Phi) is 5.10. The number of halogens is 1. The molecule has 0 bridgehead atoms. The number of nitrogens with zero attached hydrogens (tertiary/aromatic N) is 3. The largest absolute Gasteiger partial charge is 0.497 e. The van der Waals surface area contributed by atoms with E-state index >= 15 is 0 Å². The topological polar surface area (TPSA) is 96.2 Å². The molecule has 2 aromatic heterocycles. The van der Waals surface area contributed by atoms with E-state index in [1.54, 1.807) is 13.2 Å². The Morgan fingerprint density at radius 2 is 1.96 bits per heavy atom. The fraction of sp³-hybridized carbons (Fsp3) is 0.105. The lowest BCUT2D eigenvalue weighted by atomic mass is 10.1. The summed E-state index contributed by atoms with van der Waals surface area (Å²) in [5, 5.41) is 9.78. The molecule has 9 heteroatoms. The molecule has 0 aliphatic carbocycles. The van der Waals surface area contributed by atoms with Crippen LogP contribution in [0.15, 0.2) is 67.4 Å². The summed E-state index contributed by atoms with van der Waals surface area (Å²) in [4.78, 5) is 11.9. The van der Waals surface area contributed by atoms with Crippen LogP contribution in [0.5, 0.6) is 5.75 Å². The maximum absolute atomic E-state index is 11.9. The molecule has 0 saturated carbocycles. The van der Waals surface area contributed by atoms with E-state index in [1.165, 1.54) is 22.5 Å². The minimum atomic E-state index is -0.394. The molecule has 2 N–H and O–H groups in total. The summed E-state index contributed by atoms with van der Waals surface area (Å²) < 4.78 is 12.7. The molecule has 0 atom stereocenters. The van der Waals surface area contributed by atoms with Crippen molar-refractivity contribution < 1.29 is 9.15 Å². The molecule has 0 amide bonds. The summed E-state index contributed by atoms with van der Waals surface area (Å²) >= 11 is 4.79. The van der Waals surface area contributed by atoms with Crippen LogP contribution in [0.25, 0.3) is 22.4 Å². The van der Waals surface area contributed by atoms with Gasteiger partial charge in [-0.05, 0) is 48.0 Å². The molecule has 2 heterocycles. The molecule has 0 fully saturated rings. The number of benzene rings is 2. The molecule has 4 rings (SSSR count). The molecule has 0 saturated heterocycles. The highest BCUT2D eigenvalue weighted by Crippen LogP contribution is 2.28. The average Bonchev–Trinajstić information content (AvgIpc) is 3.06. The van der Waals surface area contributed by atoms with E-state index in [4.69, 9.17) is 15.0 Å². The zero-order valence-electron chi connectivity index (χ0n) is 14.8. The lowest BCUT2D eigenvalue weighted by Crippen LogP contribution is -2.11. The maximum Gasteiger partial charge on any atom is 0.336 e. The molecular weight excluding hydrogens is 444 g/mol. The van der Waals surface area contributed by atoms with Gasteiger partial charge in [0.15, 0.2) is 5.82 Å². The molecule has 0 aliphatic heterocycles. The molecule has 7 nitrogen and oxygen atoms in total. The normalized spacial score (nSPS) is 11.1. The minimum absolute atomic E-state index is 0.394. The van der Waals surface area contributed by atoms with Crippen LogP contribution in [0, 0.1) is 0 Å². The van der Waals surface area contributed by atoms with E-state index in [0.29, 0.717) is 22.3 Å². The number of nitrogens with two attached hydrogens (primary N) is 1. The monoisotopic (exact) mass is 458 g/mol. The van der Waals surface area contributed by atoms with Gasteiger partial charge in [-0.25, -0.2) is 9.47 Å². The number of nitrogen functional groups attached to an aromatic ring is 1. The molecule has 0 aliphatic rings. The molecule has 28 heavy (non-hydrogen) atoms. The second kappa shape index (κ2) is 7.69. The summed E-state index contributed by atoms with van der Waals surface area (Å²) in [5.41, 5.74) is 1.82. The first-order valence-electron chi connectivity index (χ1n) is 8.25. The Morgan fingerprint density at radius 1 is 1.18 bits per heavy atom. The second-order valence-electron chi connectivity index (χ2n) is 5.92. The molecular formula is C19H15BrN4O3S. The first-order valence-corrected chi connectivity index (χ1v) is 10.0. The van der Waals surface area contributed by atoms with E-state index < -0.39 is 5.63 Å². The molecule has 0 radical (unpaired) electrons. The highest BCUT2D eigenvalue weighted by atomic mass is 79.9. The summed E-state index contributed by atoms with van der Waals surface area (Å²) in [5.74, 6) is 7.99. The number of aromatic nitrogens is 3. The van der Waals surface area contributed by atoms with Gasteiger partial charge in [0, 0.05) is 27.2 Å². The van der Waals surface area contributed by atoms with E-state index in [2.05, 4.69) is 26.1 Å². The molecule has 142 valence electrons. The first-order chi connectivity index (χ1) is 13.5. The molecule has 0 unspecified atom stereocenters. The van der Waals surface area contributed by atoms with Gasteiger partial charge in [-0.15, -0.1) is 10.2 Å². The highest BCUT2D eigenvalue weighted by Gasteiger charge is 2.14. The van der Waals surface area contributed by atoms with Gasteiger partial charge in [0.05, 0.1) is 7.11 Å². The van der Waals surface area contributed by atoms with E-state index in [1.807, 2.05) is 36.4 Å². The number of rotatable bonds is 5. The van der Waals surface area contributed by atoms with Gasteiger partial charge in [0.25, 0.3) is 0 Å². The number of methoxy groups -OCH3 is 1. The molecule has 0 spiro atoms. The van der Waals surface area contributed by atoms with Crippen LogP contribution in [0.4, 0.5) is 0 Å². The predicted octanol–water partition coefficient (Wildman–Crippen LogP) is 3.83. The zero-order valence-corrected chi connectivity index (χ0v) is 17.2. The van der Waals surface area contributed by atoms with Gasteiger partial charge in [0.2, 0.25) is 5.16 Å². The quantitative estimate of drug-likeness (QED) is 0.275. The van der Waals surface area contributed by atoms with Crippen molar-refractivity contribution in [2.75, 3.05) is 13.0 Å². The van der Waals surface area contributed by atoms with Crippen molar-refractivity contribution in [1.82, 2.24) is 14.9 Å². The van der Waals surface area contributed by atoms with Gasteiger partial charge in [-0.3, -0.25) is 0 Å². The summed E-state index contributed by atoms with van der Waals surface area (Å²) in [6.07, 6.45) is 0. The third-order valence-corrected chi connectivity index (χ3v) is 5.65. The van der Waals surface area contributed by atoms with Crippen molar-refractivity contribution >= 4 is 38.7 Å². The number of fused-ring (bicyclic) bond motifs is 1. The third-order valence-electron chi connectivity index (χ3n) is 4.16.